The van der Waals surface area contributed by atoms with Crippen molar-refractivity contribution < 1.29 is 9.53 Å². The first kappa shape index (κ1) is 15.8. The first-order chi connectivity index (χ1) is 12.3. The Labute approximate surface area is 151 Å². The molecule has 0 fully saturated rings. The van der Waals surface area contributed by atoms with Crippen LogP contribution in [0.5, 0.6) is 5.75 Å². The van der Waals surface area contributed by atoms with Crippen molar-refractivity contribution in [3.63, 3.8) is 0 Å². The second kappa shape index (κ2) is 7.04. The minimum atomic E-state index is -0.157. The summed E-state index contributed by atoms with van der Waals surface area (Å²) < 4.78 is 7.63. The number of imidazole rings is 1. The average molecular weight is 370 g/mol. The van der Waals surface area contributed by atoms with Gasteiger partial charge in [0, 0.05) is 28.7 Å². The summed E-state index contributed by atoms with van der Waals surface area (Å²) in [4.78, 5) is 21.9. The van der Waals surface area contributed by atoms with Crippen LogP contribution in [-0.4, -0.2) is 20.3 Å². The molecule has 0 unspecified atom stereocenters. The Bertz CT molecular complexity index is 963. The number of hydrogen-bond acceptors (Lipinski definition) is 6. The van der Waals surface area contributed by atoms with Crippen molar-refractivity contribution in [3.8, 4) is 5.75 Å². The van der Waals surface area contributed by atoms with Crippen molar-refractivity contribution in [2.75, 3.05) is 0 Å². The maximum Gasteiger partial charge on any atom is 0.251 e. The lowest BCUT2D eigenvalue weighted by Crippen LogP contribution is -2.22. The Hall–Kier alpha value is -2.71. The Kier molecular flexibility index (Phi) is 4.45. The highest BCUT2D eigenvalue weighted by Crippen LogP contribution is 2.16. The fourth-order valence-electron chi connectivity index (χ4n) is 2.33. The highest BCUT2D eigenvalue weighted by molar-refractivity contribution is 7.15. The number of carbonyl (C=O) groups is 1. The van der Waals surface area contributed by atoms with E-state index in [-0.39, 0.29) is 5.91 Å². The molecule has 0 bridgehead atoms. The van der Waals surface area contributed by atoms with Crippen molar-refractivity contribution in [2.45, 2.75) is 13.2 Å². The van der Waals surface area contributed by atoms with E-state index < -0.39 is 0 Å². The van der Waals surface area contributed by atoms with Gasteiger partial charge >= 0.3 is 0 Å². The van der Waals surface area contributed by atoms with E-state index in [9.17, 15) is 4.79 Å². The molecule has 8 heteroatoms. The van der Waals surface area contributed by atoms with Gasteiger partial charge in [-0.05, 0) is 18.2 Å². The third kappa shape index (κ3) is 3.70. The van der Waals surface area contributed by atoms with Gasteiger partial charge in [0.05, 0.1) is 23.4 Å². The van der Waals surface area contributed by atoms with Crippen LogP contribution in [-0.2, 0) is 13.2 Å². The highest BCUT2D eigenvalue weighted by atomic mass is 32.1. The number of nitrogens with zero attached hydrogens (tertiary/aromatic N) is 3. The molecule has 0 saturated heterocycles. The number of nitrogens with one attached hydrogen (secondary N) is 1. The normalized spacial score (nSPS) is 10.9. The summed E-state index contributed by atoms with van der Waals surface area (Å²) >= 11 is 3.09. The standard InChI is InChI=1S/C17H14N4O2S2/c22-16(18-7-13-8-21-4-5-25-17(21)20-13)12-2-1-3-15(6-12)23-9-14-10-24-11-19-14/h1-6,8,10-11H,7,9H2,(H,18,22). The van der Waals surface area contributed by atoms with E-state index in [4.69, 9.17) is 4.74 Å². The Morgan fingerprint density at radius 1 is 1.32 bits per heavy atom. The zero-order valence-electron chi connectivity index (χ0n) is 13.1. The van der Waals surface area contributed by atoms with Crippen LogP contribution in [0.3, 0.4) is 0 Å². The molecule has 6 nitrogen and oxygen atoms in total. The topological polar surface area (TPSA) is 68.5 Å². The van der Waals surface area contributed by atoms with E-state index in [1.807, 2.05) is 33.6 Å². The summed E-state index contributed by atoms with van der Waals surface area (Å²) in [5, 5.41) is 6.80. The van der Waals surface area contributed by atoms with E-state index in [1.165, 1.54) is 11.3 Å². The maximum absolute atomic E-state index is 12.3. The summed E-state index contributed by atoms with van der Waals surface area (Å²) in [5.41, 5.74) is 4.02. The molecule has 4 rings (SSSR count). The van der Waals surface area contributed by atoms with Crippen molar-refractivity contribution >= 4 is 33.5 Å². The number of ether oxygens (including phenoxy) is 1. The summed E-state index contributed by atoms with van der Waals surface area (Å²) in [6.07, 6.45) is 3.86. The zero-order chi connectivity index (χ0) is 17.1. The third-order valence-electron chi connectivity index (χ3n) is 3.54. The summed E-state index contributed by atoms with van der Waals surface area (Å²) in [6.45, 7) is 0.775. The molecule has 0 aliphatic rings. The summed E-state index contributed by atoms with van der Waals surface area (Å²) in [6, 6.07) is 7.12. The van der Waals surface area contributed by atoms with Gasteiger partial charge < -0.3 is 10.1 Å². The first-order valence-electron chi connectivity index (χ1n) is 7.57. The third-order valence-corrected chi connectivity index (χ3v) is 4.95. The predicted octanol–water partition coefficient (Wildman–Crippen LogP) is 3.36. The number of hydrogen-bond donors (Lipinski definition) is 1. The Balaban J connectivity index is 1.37. The smallest absolute Gasteiger partial charge is 0.251 e. The molecule has 0 saturated carbocycles. The number of thiazole rings is 2. The van der Waals surface area contributed by atoms with Gasteiger partial charge in [-0.3, -0.25) is 9.20 Å². The van der Waals surface area contributed by atoms with Crippen LogP contribution in [0, 0.1) is 0 Å². The van der Waals surface area contributed by atoms with E-state index >= 15 is 0 Å². The van der Waals surface area contributed by atoms with Crippen LogP contribution in [0.15, 0.2) is 52.9 Å². The lowest BCUT2D eigenvalue weighted by Gasteiger charge is -2.07. The van der Waals surface area contributed by atoms with Crippen molar-refractivity contribution in [3.05, 3.63) is 69.9 Å². The molecule has 0 atom stereocenters. The minimum absolute atomic E-state index is 0.157. The highest BCUT2D eigenvalue weighted by Gasteiger charge is 2.09. The number of fused-ring (bicyclic) bond motifs is 1. The van der Waals surface area contributed by atoms with E-state index in [2.05, 4.69) is 15.3 Å². The predicted molar refractivity (Wildman–Crippen MR) is 97.1 cm³/mol. The van der Waals surface area contributed by atoms with Crippen LogP contribution in [0.4, 0.5) is 0 Å². The van der Waals surface area contributed by atoms with Gasteiger partial charge in [0.15, 0.2) is 4.96 Å². The van der Waals surface area contributed by atoms with E-state index in [1.54, 1.807) is 35.0 Å². The largest absolute Gasteiger partial charge is 0.487 e. The van der Waals surface area contributed by atoms with Crippen LogP contribution >= 0.6 is 22.7 Å². The number of benzene rings is 1. The van der Waals surface area contributed by atoms with Gasteiger partial charge in [0.2, 0.25) is 0 Å². The molecule has 1 N–H and O–H groups in total. The van der Waals surface area contributed by atoms with Crippen molar-refractivity contribution in [2.24, 2.45) is 0 Å². The van der Waals surface area contributed by atoms with Gasteiger partial charge in [-0.25, -0.2) is 9.97 Å². The average Bonchev–Trinajstić information content (AvgIpc) is 3.35. The van der Waals surface area contributed by atoms with Crippen LogP contribution < -0.4 is 10.1 Å². The number of aromatic nitrogens is 3. The monoisotopic (exact) mass is 370 g/mol. The summed E-state index contributed by atoms with van der Waals surface area (Å²) in [7, 11) is 0. The van der Waals surface area contributed by atoms with Gasteiger partial charge in [0.25, 0.3) is 5.91 Å². The lowest BCUT2D eigenvalue weighted by atomic mass is 10.2. The molecule has 1 amide bonds. The first-order valence-corrected chi connectivity index (χ1v) is 9.39. The molecule has 4 aromatic rings. The number of carbonyl (C=O) groups excluding carboxylic acids is 1. The molecule has 0 spiro atoms. The molecule has 126 valence electrons. The van der Waals surface area contributed by atoms with Crippen LogP contribution in [0.2, 0.25) is 0 Å². The van der Waals surface area contributed by atoms with E-state index in [0.717, 1.165) is 16.3 Å². The fourth-order valence-corrected chi connectivity index (χ4v) is 3.59. The molecule has 25 heavy (non-hydrogen) atoms. The SMILES string of the molecule is O=C(NCc1cn2ccsc2n1)c1cccc(OCc2cscn2)c1. The molecule has 3 aromatic heterocycles. The molecule has 3 heterocycles. The zero-order valence-corrected chi connectivity index (χ0v) is 14.7. The van der Waals surface area contributed by atoms with Crippen molar-refractivity contribution in [1.82, 2.24) is 19.7 Å². The Morgan fingerprint density at radius 2 is 2.28 bits per heavy atom. The maximum atomic E-state index is 12.3. The van der Waals surface area contributed by atoms with Crippen LogP contribution in [0.25, 0.3) is 4.96 Å². The van der Waals surface area contributed by atoms with E-state index in [0.29, 0.717) is 24.5 Å². The van der Waals surface area contributed by atoms with Gasteiger partial charge in [-0.15, -0.1) is 22.7 Å². The minimum Gasteiger partial charge on any atom is -0.487 e. The number of rotatable bonds is 6. The lowest BCUT2D eigenvalue weighted by molar-refractivity contribution is 0.0950. The second-order valence-corrected chi connectivity index (χ2v) is 6.90. The quantitative estimate of drug-likeness (QED) is 0.565. The number of amides is 1. The molecular formula is C17H14N4O2S2. The molecule has 1 aromatic carbocycles. The fraction of sp³-hybridized carbons (Fsp3) is 0.118. The molecule has 0 aliphatic carbocycles. The van der Waals surface area contributed by atoms with Gasteiger partial charge in [0.1, 0.15) is 12.4 Å². The van der Waals surface area contributed by atoms with Crippen molar-refractivity contribution in [1.29, 1.82) is 0 Å². The molecular weight excluding hydrogens is 356 g/mol. The molecule has 0 radical (unpaired) electrons. The summed E-state index contributed by atoms with van der Waals surface area (Å²) in [5.74, 6) is 0.485. The Morgan fingerprint density at radius 3 is 3.12 bits per heavy atom. The molecule has 0 aliphatic heterocycles. The van der Waals surface area contributed by atoms with Crippen LogP contribution in [0.1, 0.15) is 21.7 Å². The van der Waals surface area contributed by atoms with Gasteiger partial charge in [-0.2, -0.15) is 0 Å². The second-order valence-electron chi connectivity index (χ2n) is 5.30. The van der Waals surface area contributed by atoms with Gasteiger partial charge in [-0.1, -0.05) is 6.07 Å².